The number of hydrogen-bond donors (Lipinski definition) is 14. The van der Waals surface area contributed by atoms with Crippen LogP contribution in [0.3, 0.4) is 0 Å². The van der Waals surface area contributed by atoms with E-state index in [0.717, 1.165) is 31.9 Å². The molecule has 1 saturated heterocycles. The SMILES string of the molecule is CCCC(=O)OCN(C(=O)[C@@H](NC(=O)[C@H]1CCCCN1C)C(C)CC)[C@H](CCc1nc(C(=O)N[C@H]2Cc3ccc(O)cc3C(C(=O)NNC(=O)OCCSSCCNC(=O)[C@@H](Cc3ccccc3)NC(=O)[C@H](C)NC(=O)CCCNC(=O)CC[C@](C)(NC(=O)N[C@@H](CCC(=O)O)C(=O)O)C(=O)O)C2)cs1)CC(C)C. The number of aliphatic carboxylic acids is 3. The molecule has 2 heterocycles. The number of rotatable bonds is 45. The minimum atomic E-state index is -2.03. The summed E-state index contributed by atoms with van der Waals surface area (Å²) in [5, 5.41) is 61.6. The highest BCUT2D eigenvalue weighted by Gasteiger charge is 2.40. The minimum Gasteiger partial charge on any atom is -0.508 e. The average Bonchev–Trinajstić information content (AvgIpc) is 1.22. The summed E-state index contributed by atoms with van der Waals surface area (Å²) < 4.78 is 11.0. The molecule has 33 nitrogen and oxygen atoms in total. The summed E-state index contributed by atoms with van der Waals surface area (Å²) in [6.07, 6.45) is 2.92. The van der Waals surface area contributed by atoms with Crippen molar-refractivity contribution < 1.29 is 97.0 Å². The number of thiazole rings is 1. The Hall–Kier alpha value is -9.29. The van der Waals surface area contributed by atoms with Gasteiger partial charge in [-0.25, -0.2) is 29.6 Å². The summed E-state index contributed by atoms with van der Waals surface area (Å²) in [7, 11) is 4.62. The van der Waals surface area contributed by atoms with Crippen molar-refractivity contribution >= 4 is 116 Å². The number of phenolic OH excluding ortho intramolecular Hbond substituents is 1. The molecule has 2 aliphatic rings. The Labute approximate surface area is 646 Å². The van der Waals surface area contributed by atoms with Crippen LogP contribution in [-0.4, -0.2) is 218 Å². The number of esters is 1. The highest BCUT2D eigenvalue weighted by Crippen LogP contribution is 2.35. The lowest BCUT2D eigenvalue weighted by atomic mass is 9.79. The molecular formula is C73H107N13O20S3. The number of carbonyl (C=O) groups excluding carboxylic acids is 11. The summed E-state index contributed by atoms with van der Waals surface area (Å²) in [6.45, 7) is 12.9. The number of aromatic nitrogens is 1. The Kier molecular flexibility index (Phi) is 38.3. The summed E-state index contributed by atoms with van der Waals surface area (Å²) >= 11 is 1.28. The van der Waals surface area contributed by atoms with E-state index in [4.69, 9.17) is 19.6 Å². The van der Waals surface area contributed by atoms with Crippen LogP contribution >= 0.6 is 32.9 Å². The third-order valence-corrected chi connectivity index (χ3v) is 21.8. The Morgan fingerprint density at radius 2 is 1.51 bits per heavy atom. The number of piperidine rings is 1. The second-order valence-corrected chi connectivity index (χ2v) is 31.4. The van der Waals surface area contributed by atoms with Gasteiger partial charge in [0.1, 0.15) is 47.8 Å². The van der Waals surface area contributed by atoms with E-state index in [0.29, 0.717) is 72.6 Å². The first-order chi connectivity index (χ1) is 51.8. The van der Waals surface area contributed by atoms with Crippen LogP contribution in [0.4, 0.5) is 9.59 Å². The van der Waals surface area contributed by atoms with E-state index in [1.54, 1.807) is 46.7 Å². The van der Waals surface area contributed by atoms with Gasteiger partial charge in [0.15, 0.2) is 6.73 Å². The molecule has 2 aromatic carbocycles. The standard InChI is InChI=1S/C73H107N13O20S3/c1-9-17-61(92)106-42-86(68(98)62(44(5)10-2)81-67(97)56-20-14-15-32-85(56)8)49(36-43(3)4)23-26-59-78-55(41-107-59)66(96)77-48-38-47-22-24-50(87)40-51(47)52(39-48)64(94)83-84-72(104)105-33-35-109-108-34-31-75-65(95)54(37-46-18-12-11-13-19-46)79-63(93)45(6)76-58(89)21-16-30-74-57(88)28-29-73(7,70(101)102)82-71(103)80-53(69(99)100)25-27-60(90)91/h11-13,18-19,22,24,40-41,43-45,48-49,52-54,56,62,87H,9-10,14-17,20-21,23,25-39,42H2,1-8H3,(H,74,88)(H,75,95)(H,76,89)(H,77,96)(H,79,93)(H,81,97)(H,83,94)(H,84,104)(H,90,91)(H,99,100)(H,101,102)(H2,80,82,103)/t44?,45-,48-,49+,52?,53-,54+,56+,62-,73-/m0/s1. The molecule has 0 bridgehead atoms. The Bertz CT molecular complexity index is 3590. The Balaban J connectivity index is 1.04. The molecule has 602 valence electrons. The predicted molar refractivity (Wildman–Crippen MR) is 406 cm³/mol. The van der Waals surface area contributed by atoms with Gasteiger partial charge in [0.05, 0.1) is 17.0 Å². The molecule has 0 saturated carbocycles. The molecule has 1 aliphatic carbocycles. The number of aryl methyl sites for hydroxylation is 1. The van der Waals surface area contributed by atoms with Gasteiger partial charge in [-0.1, -0.05) is 105 Å². The second kappa shape index (κ2) is 46.3. The molecule has 10 atom stereocenters. The number of carbonyl (C=O) groups is 14. The summed E-state index contributed by atoms with van der Waals surface area (Å²) in [5.41, 5.74) is 4.72. The maximum absolute atomic E-state index is 14.8. The largest absolute Gasteiger partial charge is 0.508 e. The van der Waals surface area contributed by atoms with E-state index in [1.807, 2.05) is 51.9 Å². The van der Waals surface area contributed by atoms with Gasteiger partial charge in [0, 0.05) is 80.6 Å². The van der Waals surface area contributed by atoms with Gasteiger partial charge in [-0.2, -0.15) is 0 Å². The Morgan fingerprint density at radius 3 is 2.19 bits per heavy atom. The van der Waals surface area contributed by atoms with Crippen molar-refractivity contribution in [3.63, 3.8) is 0 Å². The molecule has 14 N–H and O–H groups in total. The number of likely N-dealkylation sites (N-methyl/N-ethyl adjacent to an activating group) is 1. The van der Waals surface area contributed by atoms with Gasteiger partial charge in [0.2, 0.25) is 41.4 Å². The van der Waals surface area contributed by atoms with Crippen molar-refractivity contribution in [2.24, 2.45) is 11.8 Å². The molecular weight excluding hydrogens is 1480 g/mol. The number of fused-ring (bicyclic) bond motifs is 1. The average molecular weight is 1580 g/mol. The lowest BCUT2D eigenvalue weighted by Crippen LogP contribution is -2.58. The highest BCUT2D eigenvalue weighted by atomic mass is 33.1. The number of hydrazine groups is 1. The van der Waals surface area contributed by atoms with Gasteiger partial charge >= 0.3 is 36.0 Å². The molecule has 1 fully saturated rings. The van der Waals surface area contributed by atoms with Crippen molar-refractivity contribution in [1.82, 2.24) is 68.2 Å². The second-order valence-electron chi connectivity index (χ2n) is 27.8. The van der Waals surface area contributed by atoms with Crippen molar-refractivity contribution in [3.05, 3.63) is 81.3 Å². The molecule has 11 amide bonds. The molecule has 1 aliphatic heterocycles. The number of carboxylic acids is 3. The number of hydrogen-bond acceptors (Lipinski definition) is 22. The molecule has 3 aromatic rings. The monoisotopic (exact) mass is 1580 g/mol. The molecule has 36 heteroatoms. The number of aromatic hydroxyl groups is 1. The first-order valence-corrected chi connectivity index (χ1v) is 40.1. The fourth-order valence-corrected chi connectivity index (χ4v) is 14.8. The van der Waals surface area contributed by atoms with Gasteiger partial charge in [0.25, 0.3) is 5.91 Å². The minimum absolute atomic E-state index is 0.0267. The van der Waals surface area contributed by atoms with Crippen molar-refractivity contribution in [1.29, 1.82) is 0 Å². The summed E-state index contributed by atoms with van der Waals surface area (Å²) in [6, 6.07) is 6.32. The molecule has 1 aromatic heterocycles. The number of nitrogens with one attached hydrogen (secondary N) is 10. The quantitative estimate of drug-likeness (QED) is 0.0119. The van der Waals surface area contributed by atoms with Crippen LogP contribution in [0.5, 0.6) is 5.75 Å². The van der Waals surface area contributed by atoms with E-state index in [2.05, 4.69) is 48.1 Å². The highest BCUT2D eigenvalue weighted by molar-refractivity contribution is 8.76. The number of benzene rings is 2. The van der Waals surface area contributed by atoms with E-state index in [-0.39, 0.29) is 99.7 Å². The van der Waals surface area contributed by atoms with Crippen molar-refractivity contribution in [2.75, 3.05) is 51.5 Å². The first-order valence-electron chi connectivity index (χ1n) is 36.8. The van der Waals surface area contributed by atoms with Crippen LogP contribution in [0, 0.1) is 11.8 Å². The molecule has 5 rings (SSSR count). The van der Waals surface area contributed by atoms with Gasteiger partial charge < -0.3 is 77.3 Å². The van der Waals surface area contributed by atoms with Crippen LogP contribution in [0.1, 0.15) is 183 Å². The predicted octanol–water partition coefficient (Wildman–Crippen LogP) is 4.79. The van der Waals surface area contributed by atoms with Gasteiger partial charge in [-0.15, -0.1) is 11.3 Å². The zero-order chi connectivity index (χ0) is 80.3. The number of ether oxygens (including phenoxy) is 2. The summed E-state index contributed by atoms with van der Waals surface area (Å²) in [5.74, 6) is -9.22. The molecule has 109 heavy (non-hydrogen) atoms. The molecule has 0 radical (unpaired) electrons. The number of likely N-dealkylation sites (tertiary alicyclic amines) is 1. The number of phenols is 1. The van der Waals surface area contributed by atoms with Gasteiger partial charge in [-0.3, -0.25) is 58.3 Å². The first kappa shape index (κ1) is 90.3. The van der Waals surface area contributed by atoms with Gasteiger partial charge in [-0.05, 0) is 132 Å². The van der Waals surface area contributed by atoms with Crippen LogP contribution in [0.25, 0.3) is 0 Å². The van der Waals surface area contributed by atoms with Crippen LogP contribution in [-0.2, 0) is 81.5 Å². The maximum atomic E-state index is 14.8. The normalized spacial score (nSPS) is 16.9. The smallest absolute Gasteiger partial charge is 0.426 e. The summed E-state index contributed by atoms with van der Waals surface area (Å²) in [4.78, 5) is 190. The fourth-order valence-electron chi connectivity index (χ4n) is 12.2. The van der Waals surface area contributed by atoms with Crippen LogP contribution < -0.4 is 53.4 Å². The van der Waals surface area contributed by atoms with Crippen LogP contribution in [0.15, 0.2) is 53.9 Å². The van der Waals surface area contributed by atoms with Crippen LogP contribution in [0.2, 0.25) is 0 Å². The lowest BCUT2D eigenvalue weighted by Gasteiger charge is -2.38. The topological polar surface area (TPSA) is 478 Å². The third kappa shape index (κ3) is 31.3. The van der Waals surface area contributed by atoms with E-state index in [1.165, 1.54) is 52.0 Å². The van der Waals surface area contributed by atoms with Crippen molar-refractivity contribution in [3.8, 4) is 5.75 Å². The Morgan fingerprint density at radius 1 is 0.780 bits per heavy atom. The van der Waals surface area contributed by atoms with E-state index < -0.39 is 145 Å². The molecule has 2 unspecified atom stereocenters. The van der Waals surface area contributed by atoms with E-state index >= 15 is 0 Å². The third-order valence-electron chi connectivity index (χ3n) is 18.6. The molecule has 0 spiro atoms. The number of carboxylic acid groups (broad SMARTS) is 3. The zero-order valence-corrected chi connectivity index (χ0v) is 65.5. The number of nitrogens with zero attached hydrogens (tertiary/aromatic N) is 3. The van der Waals surface area contributed by atoms with E-state index in [9.17, 15) is 82.4 Å². The zero-order valence-electron chi connectivity index (χ0n) is 63.0. The lowest BCUT2D eigenvalue weighted by molar-refractivity contribution is -0.158. The maximum Gasteiger partial charge on any atom is 0.426 e. The van der Waals surface area contributed by atoms with Crippen molar-refractivity contribution in [2.45, 2.75) is 218 Å². The fraction of sp³-hybridized carbons (Fsp3) is 0.603. The number of urea groups is 1. The number of amides is 11.